The lowest BCUT2D eigenvalue weighted by atomic mass is 9.92. The average molecular weight is 290 g/mol. The number of carbonyl (C=O) groups is 1. The maximum absolute atomic E-state index is 12.3. The van der Waals surface area contributed by atoms with Gasteiger partial charge >= 0.3 is 5.97 Å². The molecule has 1 saturated carbocycles. The van der Waals surface area contributed by atoms with Crippen LogP contribution in [0.25, 0.3) is 0 Å². The quantitative estimate of drug-likeness (QED) is 0.782. The summed E-state index contributed by atoms with van der Waals surface area (Å²) in [5.74, 6) is 0.205. The fourth-order valence-corrected chi connectivity index (χ4v) is 2.96. The molecule has 0 bridgehead atoms. The summed E-state index contributed by atoms with van der Waals surface area (Å²) in [6.45, 7) is 2.77. The van der Waals surface area contributed by atoms with E-state index >= 15 is 0 Å². The lowest BCUT2D eigenvalue weighted by Gasteiger charge is -2.35. The number of anilines is 1. The zero-order chi connectivity index (χ0) is 15.5. The van der Waals surface area contributed by atoms with Crippen molar-refractivity contribution in [3.63, 3.8) is 0 Å². The number of benzene rings is 1. The molecule has 1 unspecified atom stereocenters. The Morgan fingerprint density at radius 3 is 2.43 bits per heavy atom. The molecule has 1 atom stereocenters. The van der Waals surface area contributed by atoms with E-state index in [0.717, 1.165) is 24.9 Å². The van der Waals surface area contributed by atoms with Crippen LogP contribution in [0.15, 0.2) is 24.3 Å². The minimum absolute atomic E-state index is 0.162. The highest BCUT2D eigenvalue weighted by Crippen LogP contribution is 2.41. The first-order chi connectivity index (χ1) is 10.1. The third-order valence-corrected chi connectivity index (χ3v) is 4.54. The molecule has 0 aromatic heterocycles. The summed E-state index contributed by atoms with van der Waals surface area (Å²) in [6, 6.07) is 8.51. The van der Waals surface area contributed by atoms with Crippen LogP contribution in [0.5, 0.6) is 0 Å². The number of nitrogens with zero attached hydrogens (tertiary/aromatic N) is 1. The van der Waals surface area contributed by atoms with Crippen molar-refractivity contribution in [3.05, 3.63) is 29.8 Å². The molecule has 0 spiro atoms. The molecular formula is C17H26N2O2. The smallest absolute Gasteiger partial charge is 0.328 e. The minimum atomic E-state index is -0.604. The van der Waals surface area contributed by atoms with Crippen molar-refractivity contribution in [2.24, 2.45) is 5.92 Å². The standard InChI is InChI=1S/C17H26N2O2/c1-5-13-6-10-15(11-7-13)19(3)12-17(18-2,14-8-9-14)16(20)21-4/h6-7,10-11,14,18H,5,8-9,12H2,1-4H3. The van der Waals surface area contributed by atoms with E-state index in [-0.39, 0.29) is 5.97 Å². The van der Waals surface area contributed by atoms with Crippen LogP contribution in [0.4, 0.5) is 5.69 Å². The van der Waals surface area contributed by atoms with Gasteiger partial charge in [-0.3, -0.25) is 0 Å². The summed E-state index contributed by atoms with van der Waals surface area (Å²) in [7, 11) is 5.34. The predicted octanol–water partition coefficient (Wildman–Crippen LogP) is 2.23. The number of likely N-dealkylation sites (N-methyl/N-ethyl adjacent to an activating group) is 2. The molecular weight excluding hydrogens is 264 g/mol. The van der Waals surface area contributed by atoms with Gasteiger partial charge in [-0.2, -0.15) is 0 Å². The molecule has 0 aliphatic heterocycles. The molecule has 1 fully saturated rings. The van der Waals surface area contributed by atoms with E-state index in [0.29, 0.717) is 12.5 Å². The van der Waals surface area contributed by atoms with Gasteiger partial charge in [0.25, 0.3) is 0 Å². The second-order valence-corrected chi connectivity index (χ2v) is 5.86. The van der Waals surface area contributed by atoms with E-state index < -0.39 is 5.54 Å². The van der Waals surface area contributed by atoms with Crippen molar-refractivity contribution in [2.45, 2.75) is 31.7 Å². The third-order valence-electron chi connectivity index (χ3n) is 4.54. The molecule has 2 rings (SSSR count). The molecule has 1 aliphatic carbocycles. The molecule has 21 heavy (non-hydrogen) atoms. The van der Waals surface area contributed by atoms with Gasteiger partial charge in [0.2, 0.25) is 0 Å². The number of methoxy groups -OCH3 is 1. The minimum Gasteiger partial charge on any atom is -0.468 e. The molecule has 116 valence electrons. The van der Waals surface area contributed by atoms with Crippen LogP contribution in [0, 0.1) is 5.92 Å². The van der Waals surface area contributed by atoms with Gasteiger partial charge in [0.15, 0.2) is 0 Å². The van der Waals surface area contributed by atoms with Crippen LogP contribution in [0.3, 0.4) is 0 Å². The van der Waals surface area contributed by atoms with E-state index in [1.807, 2.05) is 14.1 Å². The van der Waals surface area contributed by atoms with E-state index in [2.05, 4.69) is 41.4 Å². The summed E-state index contributed by atoms with van der Waals surface area (Å²) in [6.07, 6.45) is 3.20. The summed E-state index contributed by atoms with van der Waals surface area (Å²) < 4.78 is 5.05. The highest BCUT2D eigenvalue weighted by atomic mass is 16.5. The number of carbonyl (C=O) groups excluding carboxylic acids is 1. The fraction of sp³-hybridized carbons (Fsp3) is 0.588. The van der Waals surface area contributed by atoms with Gasteiger partial charge in [0.1, 0.15) is 5.54 Å². The zero-order valence-corrected chi connectivity index (χ0v) is 13.5. The maximum Gasteiger partial charge on any atom is 0.328 e. The number of esters is 1. The van der Waals surface area contributed by atoms with Gasteiger partial charge < -0.3 is 15.0 Å². The molecule has 4 heteroatoms. The predicted molar refractivity (Wildman–Crippen MR) is 85.6 cm³/mol. The Balaban J connectivity index is 2.17. The SMILES string of the molecule is CCc1ccc(N(C)CC(NC)(C(=O)OC)C2CC2)cc1. The molecule has 1 aromatic rings. The molecule has 0 saturated heterocycles. The Morgan fingerprint density at radius 2 is 2.00 bits per heavy atom. The van der Waals surface area contributed by atoms with Crippen molar-refractivity contribution in [2.75, 3.05) is 32.6 Å². The molecule has 1 aromatic carbocycles. The van der Waals surface area contributed by atoms with E-state index in [1.54, 1.807) is 0 Å². The number of nitrogens with one attached hydrogen (secondary N) is 1. The Kier molecular flexibility index (Phi) is 4.88. The second-order valence-electron chi connectivity index (χ2n) is 5.86. The first-order valence-electron chi connectivity index (χ1n) is 7.64. The topological polar surface area (TPSA) is 41.6 Å². The van der Waals surface area contributed by atoms with Crippen LogP contribution in [0.1, 0.15) is 25.3 Å². The number of hydrogen-bond donors (Lipinski definition) is 1. The Morgan fingerprint density at radius 1 is 1.38 bits per heavy atom. The Bertz CT molecular complexity index is 482. The van der Waals surface area contributed by atoms with E-state index in [9.17, 15) is 4.79 Å². The van der Waals surface area contributed by atoms with Crippen LogP contribution < -0.4 is 10.2 Å². The number of rotatable bonds is 7. The number of aryl methyl sites for hydroxylation is 1. The second kappa shape index (κ2) is 6.48. The Hall–Kier alpha value is -1.55. The van der Waals surface area contributed by atoms with Gasteiger partial charge in [0, 0.05) is 19.3 Å². The summed E-state index contributed by atoms with van der Waals surface area (Å²) >= 11 is 0. The maximum atomic E-state index is 12.3. The molecule has 0 radical (unpaired) electrons. The molecule has 0 heterocycles. The van der Waals surface area contributed by atoms with Gasteiger partial charge in [-0.15, -0.1) is 0 Å². The van der Waals surface area contributed by atoms with Crippen molar-refractivity contribution in [1.29, 1.82) is 0 Å². The van der Waals surface area contributed by atoms with Crippen molar-refractivity contribution >= 4 is 11.7 Å². The van der Waals surface area contributed by atoms with E-state index in [1.165, 1.54) is 12.7 Å². The molecule has 1 N–H and O–H groups in total. The summed E-state index contributed by atoms with van der Waals surface area (Å²) in [5.41, 5.74) is 1.84. The van der Waals surface area contributed by atoms with Crippen molar-refractivity contribution in [3.8, 4) is 0 Å². The van der Waals surface area contributed by atoms with E-state index in [4.69, 9.17) is 4.74 Å². The number of hydrogen-bond acceptors (Lipinski definition) is 4. The van der Waals surface area contributed by atoms with Crippen molar-refractivity contribution in [1.82, 2.24) is 5.32 Å². The largest absolute Gasteiger partial charge is 0.468 e. The summed E-state index contributed by atoms with van der Waals surface area (Å²) in [4.78, 5) is 14.4. The van der Waals surface area contributed by atoms with Gasteiger partial charge in [-0.25, -0.2) is 4.79 Å². The zero-order valence-electron chi connectivity index (χ0n) is 13.5. The Labute approximate surface area is 127 Å². The van der Waals surface area contributed by atoms with Crippen LogP contribution >= 0.6 is 0 Å². The van der Waals surface area contributed by atoms with Crippen LogP contribution in [-0.2, 0) is 16.0 Å². The number of ether oxygens (including phenoxy) is 1. The average Bonchev–Trinajstić information content (AvgIpc) is 3.37. The third kappa shape index (κ3) is 3.21. The molecule has 0 amide bonds. The van der Waals surface area contributed by atoms with Crippen molar-refractivity contribution < 1.29 is 9.53 Å². The normalized spacial score (nSPS) is 17.1. The van der Waals surface area contributed by atoms with Gasteiger partial charge in [0.05, 0.1) is 7.11 Å². The molecule has 1 aliphatic rings. The first-order valence-corrected chi connectivity index (χ1v) is 7.64. The van der Waals surface area contributed by atoms with Crippen LogP contribution in [-0.4, -0.2) is 39.3 Å². The van der Waals surface area contributed by atoms with Gasteiger partial charge in [-0.05, 0) is 49.9 Å². The monoisotopic (exact) mass is 290 g/mol. The molecule has 4 nitrogen and oxygen atoms in total. The highest BCUT2D eigenvalue weighted by molar-refractivity contribution is 5.82. The lowest BCUT2D eigenvalue weighted by molar-refractivity contribution is -0.149. The van der Waals surface area contributed by atoms with Crippen LogP contribution in [0.2, 0.25) is 0 Å². The fourth-order valence-electron chi connectivity index (χ4n) is 2.96. The lowest BCUT2D eigenvalue weighted by Crippen LogP contribution is -2.59. The summed E-state index contributed by atoms with van der Waals surface area (Å²) in [5, 5.41) is 3.24. The highest BCUT2D eigenvalue weighted by Gasteiger charge is 2.51. The van der Waals surface area contributed by atoms with Gasteiger partial charge in [-0.1, -0.05) is 19.1 Å². The first kappa shape index (κ1) is 15.8.